The third kappa shape index (κ3) is 4.92. The maximum Gasteiger partial charge on any atom is 0.191 e. The van der Waals surface area contributed by atoms with Crippen LogP contribution in [-0.4, -0.2) is 19.7 Å². The maximum absolute atomic E-state index is 6.29. The molecule has 0 amide bonds. The van der Waals surface area contributed by atoms with Crippen molar-refractivity contribution in [1.82, 2.24) is 19.7 Å². The molecule has 0 saturated heterocycles. The highest BCUT2D eigenvalue weighted by Crippen LogP contribution is 2.32. The van der Waals surface area contributed by atoms with Crippen molar-refractivity contribution >= 4 is 34.7 Å². The van der Waals surface area contributed by atoms with E-state index in [9.17, 15) is 0 Å². The van der Waals surface area contributed by atoms with Crippen LogP contribution >= 0.6 is 34.7 Å². The number of ether oxygens (including phenoxy) is 1. The van der Waals surface area contributed by atoms with E-state index >= 15 is 0 Å². The monoisotopic (exact) mass is 454 g/mol. The van der Waals surface area contributed by atoms with Crippen LogP contribution in [0.1, 0.15) is 11.5 Å². The van der Waals surface area contributed by atoms with Gasteiger partial charge in [0.05, 0.1) is 10.7 Å². The fourth-order valence-corrected chi connectivity index (χ4v) is 4.88. The Balaban J connectivity index is 1.44. The first-order valence-corrected chi connectivity index (χ1v) is 11.5. The molecule has 8 heteroatoms. The fraction of sp³-hybridized carbons (Fsp3) is 0.136. The van der Waals surface area contributed by atoms with Gasteiger partial charge in [0, 0.05) is 23.2 Å². The summed E-state index contributed by atoms with van der Waals surface area (Å²) < 4.78 is 7.84. The quantitative estimate of drug-likeness (QED) is 0.225. The number of aromatic nitrogens is 4. The van der Waals surface area contributed by atoms with E-state index in [2.05, 4.69) is 22.2 Å². The lowest BCUT2D eigenvalue weighted by Gasteiger charge is -2.08. The molecule has 4 aromatic rings. The summed E-state index contributed by atoms with van der Waals surface area (Å²) in [5.74, 6) is 2.25. The lowest BCUT2D eigenvalue weighted by molar-refractivity contribution is 0.289. The Bertz CT molecular complexity index is 1130. The Morgan fingerprint density at radius 3 is 2.70 bits per heavy atom. The topological polar surface area (TPSA) is 52.8 Å². The van der Waals surface area contributed by atoms with E-state index in [4.69, 9.17) is 21.3 Å². The summed E-state index contributed by atoms with van der Waals surface area (Å²) in [5.41, 5.74) is 1.94. The van der Waals surface area contributed by atoms with Crippen LogP contribution in [0.4, 0.5) is 0 Å². The van der Waals surface area contributed by atoms with Crippen LogP contribution in [0.2, 0.25) is 5.02 Å². The lowest BCUT2D eigenvalue weighted by Crippen LogP contribution is -2.07. The summed E-state index contributed by atoms with van der Waals surface area (Å²) in [5, 5.41) is 13.1. The highest BCUT2D eigenvalue weighted by Gasteiger charge is 2.14. The van der Waals surface area contributed by atoms with E-state index in [1.165, 1.54) is 0 Å². The number of benzene rings is 2. The summed E-state index contributed by atoms with van der Waals surface area (Å²) in [4.78, 5) is 4.73. The molecule has 0 aliphatic heterocycles. The van der Waals surface area contributed by atoms with Gasteiger partial charge >= 0.3 is 0 Å². The molecule has 0 N–H and O–H groups in total. The van der Waals surface area contributed by atoms with Crippen molar-refractivity contribution in [2.75, 3.05) is 0 Å². The lowest BCUT2D eigenvalue weighted by atomic mass is 10.2. The smallest absolute Gasteiger partial charge is 0.191 e. The van der Waals surface area contributed by atoms with Gasteiger partial charge in [0.2, 0.25) is 0 Å². The van der Waals surface area contributed by atoms with Crippen molar-refractivity contribution in [2.24, 2.45) is 0 Å². The van der Waals surface area contributed by atoms with Crippen molar-refractivity contribution < 1.29 is 4.74 Å². The molecule has 0 aliphatic rings. The van der Waals surface area contributed by atoms with Crippen molar-refractivity contribution in [1.29, 1.82) is 0 Å². The Labute approximate surface area is 188 Å². The summed E-state index contributed by atoms with van der Waals surface area (Å²) in [6.45, 7) is 4.81. The van der Waals surface area contributed by atoms with Gasteiger partial charge < -0.3 is 4.74 Å². The van der Waals surface area contributed by atoms with Crippen LogP contribution in [0.25, 0.3) is 10.6 Å². The first kappa shape index (κ1) is 20.7. The predicted molar refractivity (Wildman–Crippen MR) is 123 cm³/mol. The maximum atomic E-state index is 6.29. The number of thiazole rings is 1. The van der Waals surface area contributed by atoms with Crippen LogP contribution in [0.3, 0.4) is 0 Å². The van der Waals surface area contributed by atoms with Crippen molar-refractivity contribution in [3.8, 4) is 16.3 Å². The first-order chi connectivity index (χ1) is 14.7. The Kier molecular flexibility index (Phi) is 6.84. The number of rotatable bonds is 9. The van der Waals surface area contributed by atoms with Crippen LogP contribution in [-0.2, 0) is 18.9 Å². The van der Waals surface area contributed by atoms with Crippen LogP contribution in [0.5, 0.6) is 5.75 Å². The molecule has 0 bridgehead atoms. The zero-order valence-electron chi connectivity index (χ0n) is 16.1. The Morgan fingerprint density at radius 2 is 1.90 bits per heavy atom. The normalized spacial score (nSPS) is 10.8. The van der Waals surface area contributed by atoms with Crippen LogP contribution in [0.15, 0.2) is 77.8 Å². The van der Waals surface area contributed by atoms with Gasteiger partial charge in [0.15, 0.2) is 11.0 Å². The predicted octanol–water partition coefficient (Wildman–Crippen LogP) is 6.11. The minimum absolute atomic E-state index is 0.346. The SMILES string of the molecule is C=CCn1c(COc2ccccc2)nnc1SCc1csc(-c2ccccc2Cl)n1. The molecule has 30 heavy (non-hydrogen) atoms. The zero-order valence-corrected chi connectivity index (χ0v) is 18.5. The average Bonchev–Trinajstić information content (AvgIpc) is 3.39. The first-order valence-electron chi connectivity index (χ1n) is 9.27. The molecule has 0 aliphatic carbocycles. The molecular formula is C22H19ClN4OS2. The fourth-order valence-electron chi connectivity index (χ4n) is 2.78. The third-order valence-electron chi connectivity index (χ3n) is 4.22. The van der Waals surface area contributed by atoms with Gasteiger partial charge in [-0.25, -0.2) is 4.98 Å². The Hall–Kier alpha value is -2.61. The van der Waals surface area contributed by atoms with E-state index in [-0.39, 0.29) is 0 Å². The second-order valence-corrected chi connectivity index (χ2v) is 8.52. The van der Waals surface area contributed by atoms with Gasteiger partial charge in [0.1, 0.15) is 17.4 Å². The van der Waals surface area contributed by atoms with Gasteiger partial charge in [-0.2, -0.15) is 0 Å². The van der Waals surface area contributed by atoms with E-state index in [0.29, 0.717) is 23.9 Å². The van der Waals surface area contributed by atoms with Crippen LogP contribution in [0, 0.1) is 0 Å². The number of para-hydroxylation sites is 1. The number of nitrogens with zero attached hydrogens (tertiary/aromatic N) is 4. The molecule has 0 radical (unpaired) electrons. The highest BCUT2D eigenvalue weighted by molar-refractivity contribution is 7.98. The van der Waals surface area contributed by atoms with E-state index < -0.39 is 0 Å². The zero-order chi connectivity index (χ0) is 20.8. The standard InChI is InChI=1S/C22H19ClN4OS2/c1-2-12-27-20(13-28-17-8-4-3-5-9-17)25-26-22(27)30-15-16-14-29-21(24-16)18-10-6-7-11-19(18)23/h2-11,14H,1,12-13,15H2. The number of allylic oxidation sites excluding steroid dienone is 1. The second-order valence-electron chi connectivity index (χ2n) is 6.31. The summed E-state index contributed by atoms with van der Waals surface area (Å²) >= 11 is 9.47. The molecule has 152 valence electrons. The average molecular weight is 455 g/mol. The molecule has 4 rings (SSSR count). The Morgan fingerprint density at radius 1 is 1.10 bits per heavy atom. The number of hydrogen-bond donors (Lipinski definition) is 0. The molecule has 0 fully saturated rings. The third-order valence-corrected chi connectivity index (χ3v) is 6.48. The molecule has 0 unspecified atom stereocenters. The van der Waals surface area contributed by atoms with Gasteiger partial charge in [0.25, 0.3) is 0 Å². The molecular weight excluding hydrogens is 436 g/mol. The van der Waals surface area contributed by atoms with Crippen molar-refractivity contribution in [3.05, 3.63) is 89.2 Å². The molecule has 2 heterocycles. The molecule has 0 saturated carbocycles. The van der Waals surface area contributed by atoms with E-state index in [1.54, 1.807) is 23.1 Å². The molecule has 0 spiro atoms. The van der Waals surface area contributed by atoms with Crippen molar-refractivity contribution in [2.45, 2.75) is 24.1 Å². The summed E-state index contributed by atoms with van der Waals surface area (Å²) in [6, 6.07) is 17.4. The number of thioether (sulfide) groups is 1. The molecule has 0 atom stereocenters. The van der Waals surface area contributed by atoms with E-state index in [1.807, 2.05) is 65.2 Å². The minimum Gasteiger partial charge on any atom is -0.486 e. The minimum atomic E-state index is 0.346. The van der Waals surface area contributed by atoms with Gasteiger partial charge in [-0.3, -0.25) is 4.57 Å². The molecule has 5 nitrogen and oxygen atoms in total. The number of halogens is 1. The van der Waals surface area contributed by atoms with Gasteiger partial charge in [-0.05, 0) is 18.2 Å². The van der Waals surface area contributed by atoms with E-state index in [0.717, 1.165) is 33.0 Å². The van der Waals surface area contributed by atoms with Crippen LogP contribution < -0.4 is 4.74 Å². The second kappa shape index (κ2) is 9.93. The van der Waals surface area contributed by atoms with Gasteiger partial charge in [-0.1, -0.05) is 65.8 Å². The summed E-state index contributed by atoms with van der Waals surface area (Å²) in [7, 11) is 0. The number of hydrogen-bond acceptors (Lipinski definition) is 6. The molecule has 2 aromatic heterocycles. The highest BCUT2D eigenvalue weighted by atomic mass is 35.5. The largest absolute Gasteiger partial charge is 0.486 e. The van der Waals surface area contributed by atoms with Crippen molar-refractivity contribution in [3.63, 3.8) is 0 Å². The summed E-state index contributed by atoms with van der Waals surface area (Å²) in [6.07, 6.45) is 1.83. The van der Waals surface area contributed by atoms with Gasteiger partial charge in [-0.15, -0.1) is 28.1 Å². The molecule has 2 aromatic carbocycles.